The molecular formula is C10H7FN2O3. The number of hydrogen-bond acceptors (Lipinski definition) is 4. The Morgan fingerprint density at radius 1 is 1.50 bits per heavy atom. The summed E-state index contributed by atoms with van der Waals surface area (Å²) in [5, 5.41) is 10.4. The van der Waals surface area contributed by atoms with Gasteiger partial charge in [-0.1, -0.05) is 0 Å². The highest BCUT2D eigenvalue weighted by molar-refractivity contribution is 5.56. The van der Waals surface area contributed by atoms with Gasteiger partial charge in [0.1, 0.15) is 5.76 Å². The molecule has 2 aromatic rings. The standard InChI is InChI=1S/C10H7FN2O3/c1-6-5-12-10(16-6)7-2-3-9(13(14)15)8(11)4-7/h2-5H,1H3. The number of nitro groups is 1. The monoisotopic (exact) mass is 222 g/mol. The van der Waals surface area contributed by atoms with E-state index in [1.54, 1.807) is 6.92 Å². The topological polar surface area (TPSA) is 69.2 Å². The first-order chi connectivity index (χ1) is 7.58. The molecule has 0 atom stereocenters. The van der Waals surface area contributed by atoms with Crippen LogP contribution in [0.4, 0.5) is 10.1 Å². The number of nitro benzene ring substituents is 1. The van der Waals surface area contributed by atoms with Crippen LogP contribution in [0.3, 0.4) is 0 Å². The zero-order valence-corrected chi connectivity index (χ0v) is 8.31. The minimum absolute atomic E-state index is 0.242. The van der Waals surface area contributed by atoms with Gasteiger partial charge >= 0.3 is 5.69 Å². The van der Waals surface area contributed by atoms with Crippen molar-refractivity contribution in [2.45, 2.75) is 6.92 Å². The fourth-order valence-corrected chi connectivity index (χ4v) is 1.28. The maximum atomic E-state index is 13.3. The molecule has 82 valence electrons. The lowest BCUT2D eigenvalue weighted by atomic mass is 10.2. The predicted octanol–water partition coefficient (Wildman–Crippen LogP) is 2.70. The van der Waals surface area contributed by atoms with Gasteiger partial charge < -0.3 is 4.42 Å². The smallest absolute Gasteiger partial charge is 0.304 e. The third-order valence-corrected chi connectivity index (χ3v) is 2.01. The van der Waals surface area contributed by atoms with Gasteiger partial charge in [-0.05, 0) is 19.1 Å². The molecule has 0 saturated heterocycles. The van der Waals surface area contributed by atoms with Gasteiger partial charge in [-0.3, -0.25) is 10.1 Å². The van der Waals surface area contributed by atoms with E-state index >= 15 is 0 Å². The first kappa shape index (κ1) is 10.3. The molecule has 0 spiro atoms. The second kappa shape index (κ2) is 3.73. The Morgan fingerprint density at radius 2 is 2.25 bits per heavy atom. The van der Waals surface area contributed by atoms with Crippen molar-refractivity contribution in [1.82, 2.24) is 4.98 Å². The van der Waals surface area contributed by atoms with E-state index in [0.717, 1.165) is 12.1 Å². The summed E-state index contributed by atoms with van der Waals surface area (Å²) < 4.78 is 18.5. The third kappa shape index (κ3) is 1.77. The predicted molar refractivity (Wildman–Crippen MR) is 53.3 cm³/mol. The van der Waals surface area contributed by atoms with Gasteiger partial charge in [0.15, 0.2) is 0 Å². The molecule has 0 N–H and O–H groups in total. The van der Waals surface area contributed by atoms with E-state index in [-0.39, 0.29) is 5.89 Å². The molecule has 0 unspecified atom stereocenters. The van der Waals surface area contributed by atoms with Crippen molar-refractivity contribution in [2.75, 3.05) is 0 Å². The van der Waals surface area contributed by atoms with E-state index in [2.05, 4.69) is 4.98 Å². The van der Waals surface area contributed by atoms with Crippen LogP contribution in [0.2, 0.25) is 0 Å². The number of rotatable bonds is 2. The molecule has 0 bridgehead atoms. The lowest BCUT2D eigenvalue weighted by Gasteiger charge is -1.97. The lowest BCUT2D eigenvalue weighted by molar-refractivity contribution is -0.387. The highest BCUT2D eigenvalue weighted by atomic mass is 19.1. The Bertz CT molecular complexity index is 551. The summed E-state index contributed by atoms with van der Waals surface area (Å²) in [6.07, 6.45) is 1.49. The van der Waals surface area contributed by atoms with Crippen molar-refractivity contribution in [1.29, 1.82) is 0 Å². The largest absolute Gasteiger partial charge is 0.441 e. The molecule has 0 aliphatic carbocycles. The normalized spacial score (nSPS) is 10.4. The van der Waals surface area contributed by atoms with Crippen LogP contribution in [-0.2, 0) is 0 Å². The minimum atomic E-state index is -0.904. The molecule has 1 aromatic carbocycles. The second-order valence-electron chi connectivity index (χ2n) is 3.20. The number of aryl methyl sites for hydroxylation is 1. The second-order valence-corrected chi connectivity index (χ2v) is 3.20. The molecule has 16 heavy (non-hydrogen) atoms. The van der Waals surface area contributed by atoms with Crippen LogP contribution in [0.25, 0.3) is 11.5 Å². The molecule has 0 fully saturated rings. The van der Waals surface area contributed by atoms with Crippen LogP contribution < -0.4 is 0 Å². The Labute approximate surface area is 89.7 Å². The molecule has 6 heteroatoms. The first-order valence-electron chi connectivity index (χ1n) is 4.44. The Kier molecular flexibility index (Phi) is 2.40. The number of aromatic nitrogens is 1. The van der Waals surface area contributed by atoms with Gasteiger partial charge in [-0.2, -0.15) is 4.39 Å². The zero-order valence-electron chi connectivity index (χ0n) is 8.31. The number of halogens is 1. The Morgan fingerprint density at radius 3 is 2.75 bits per heavy atom. The van der Waals surface area contributed by atoms with Crippen molar-refractivity contribution in [3.63, 3.8) is 0 Å². The average Bonchev–Trinajstić information content (AvgIpc) is 2.64. The summed E-state index contributed by atoms with van der Waals surface area (Å²) in [7, 11) is 0. The van der Waals surface area contributed by atoms with Crippen molar-refractivity contribution in [3.05, 3.63) is 46.1 Å². The first-order valence-corrected chi connectivity index (χ1v) is 4.44. The van der Waals surface area contributed by atoms with E-state index in [9.17, 15) is 14.5 Å². The SMILES string of the molecule is Cc1cnc(-c2ccc([N+](=O)[O-])c(F)c2)o1. The van der Waals surface area contributed by atoms with Crippen LogP contribution in [0.15, 0.2) is 28.8 Å². The quantitative estimate of drug-likeness (QED) is 0.578. The Balaban J connectivity index is 2.45. The minimum Gasteiger partial charge on any atom is -0.441 e. The maximum absolute atomic E-state index is 13.3. The zero-order chi connectivity index (χ0) is 11.7. The van der Waals surface area contributed by atoms with Crippen molar-refractivity contribution < 1.29 is 13.7 Å². The van der Waals surface area contributed by atoms with Gasteiger partial charge in [-0.15, -0.1) is 0 Å². The van der Waals surface area contributed by atoms with Gasteiger partial charge in [0.25, 0.3) is 0 Å². The van der Waals surface area contributed by atoms with Gasteiger partial charge in [0, 0.05) is 11.6 Å². The molecule has 0 radical (unpaired) electrons. The van der Waals surface area contributed by atoms with E-state index in [0.29, 0.717) is 11.3 Å². The molecule has 0 amide bonds. The van der Waals surface area contributed by atoms with E-state index in [1.165, 1.54) is 12.3 Å². The van der Waals surface area contributed by atoms with Crippen LogP contribution in [0.1, 0.15) is 5.76 Å². The van der Waals surface area contributed by atoms with Crippen molar-refractivity contribution >= 4 is 5.69 Å². The van der Waals surface area contributed by atoms with Crippen LogP contribution >= 0.6 is 0 Å². The fraction of sp³-hybridized carbons (Fsp3) is 0.100. The number of benzene rings is 1. The molecule has 0 aliphatic heterocycles. The fourth-order valence-electron chi connectivity index (χ4n) is 1.28. The third-order valence-electron chi connectivity index (χ3n) is 2.01. The molecule has 0 aliphatic rings. The summed E-state index contributed by atoms with van der Waals surface area (Å²) >= 11 is 0. The van der Waals surface area contributed by atoms with Crippen molar-refractivity contribution in [3.8, 4) is 11.5 Å². The molecule has 5 nitrogen and oxygen atoms in total. The molecule has 0 saturated carbocycles. The van der Waals surface area contributed by atoms with Crippen LogP contribution in [-0.4, -0.2) is 9.91 Å². The molecule has 1 heterocycles. The van der Waals surface area contributed by atoms with E-state index < -0.39 is 16.4 Å². The lowest BCUT2D eigenvalue weighted by Crippen LogP contribution is -1.92. The highest BCUT2D eigenvalue weighted by Gasteiger charge is 2.15. The summed E-state index contributed by atoms with van der Waals surface area (Å²) in [6.45, 7) is 1.71. The average molecular weight is 222 g/mol. The maximum Gasteiger partial charge on any atom is 0.304 e. The molecule has 2 rings (SSSR count). The van der Waals surface area contributed by atoms with Crippen molar-refractivity contribution in [2.24, 2.45) is 0 Å². The van der Waals surface area contributed by atoms with Gasteiger partial charge in [0.05, 0.1) is 11.1 Å². The van der Waals surface area contributed by atoms with Gasteiger partial charge in [-0.25, -0.2) is 4.98 Å². The highest BCUT2D eigenvalue weighted by Crippen LogP contribution is 2.24. The van der Waals surface area contributed by atoms with Gasteiger partial charge in [0.2, 0.25) is 11.7 Å². The van der Waals surface area contributed by atoms with E-state index in [1.807, 2.05) is 0 Å². The molecular weight excluding hydrogens is 215 g/mol. The number of nitrogens with zero attached hydrogens (tertiary/aromatic N) is 2. The molecule has 1 aromatic heterocycles. The summed E-state index contributed by atoms with van der Waals surface area (Å²) in [5.41, 5.74) is -0.191. The van der Waals surface area contributed by atoms with Crippen LogP contribution in [0.5, 0.6) is 0 Å². The summed E-state index contributed by atoms with van der Waals surface area (Å²) in [6, 6.07) is 3.51. The summed E-state index contributed by atoms with van der Waals surface area (Å²) in [4.78, 5) is 13.5. The van der Waals surface area contributed by atoms with Crippen LogP contribution in [0, 0.1) is 22.9 Å². The van der Waals surface area contributed by atoms with E-state index in [4.69, 9.17) is 4.42 Å². The Hall–Kier alpha value is -2.24. The number of oxazole rings is 1. The number of hydrogen-bond donors (Lipinski definition) is 0. The summed E-state index contributed by atoms with van der Waals surface area (Å²) in [5.74, 6) is -0.0709.